The van der Waals surface area contributed by atoms with Crippen LogP contribution in [0.25, 0.3) is 45.0 Å². The third kappa shape index (κ3) is 33.2. The molecule has 30 nitrogen and oxygen atoms in total. The molecule has 13 N–H and O–H groups in total. The molecular formula is C100H119Br5N16O14. The molecule has 4 aromatic heterocycles. The van der Waals surface area contributed by atoms with Crippen molar-refractivity contribution in [2.24, 2.45) is 11.5 Å². The van der Waals surface area contributed by atoms with E-state index in [1.54, 1.807) is 136 Å². The van der Waals surface area contributed by atoms with Crippen molar-refractivity contribution in [3.05, 3.63) is 279 Å². The maximum atomic E-state index is 14.9. The summed E-state index contributed by atoms with van der Waals surface area (Å²) in [6.07, 6.45) is 5.41. The van der Waals surface area contributed by atoms with Crippen LogP contribution in [0.15, 0.2) is 217 Å². The topological polar surface area (TPSA) is 414 Å². The standard InChI is InChI=1S/C37H44BrN5O6.C20H22BrN3O2.C16H20BrN3O2.C16H21BrN2O4.C11H12BrN3/c1-21-15-25(33(39)44)16-22(2)27(21)18-29(42-36(46)49-37(4,5)6)35(45)43(20-24-13-14-31(47-7)32(17-24)48-8)23(3)34-40-19-30(41-34)26-11-9-10-12-28(26)38;1-13(22-11-14-8-9-18(25-2)19(10-14)26-3)20-23-12-17(24-20)15-6-4-5-7-16(15)21;1-10(19-15(21)22-16(2,3)4)14-18-9-13(20-14)11-7-5-6-8-12(11)17;1-10(19-15(22)23-16(2,3)4)14(21)18-9-13(20)11-7-5-6-8-12(11)17;1-7(13)11-14-6-10(15-11)8-4-2-3-5-9(8)12/h9-17,19,23,29H,18,20H2,1-8H3,(H2,39,44)(H,40,41)(H,42,46);4-10,12-13,22H,11H2,1-3H3,(H,23,24);5-10H,1-4H3,(H,18,20)(H,19,21);5-8,10H,9H2,1-4H3,(H,18,21)(H,19,22);2-7H,13H2,1H3,(H,14,15)/t23-,29-;;10-;;/m0.0../s1. The van der Waals surface area contributed by atoms with E-state index >= 15 is 0 Å². The van der Waals surface area contributed by atoms with Crippen LogP contribution in [0.5, 0.6) is 23.0 Å². The Balaban J connectivity index is 0.000000221. The number of halogens is 5. The van der Waals surface area contributed by atoms with E-state index in [4.69, 9.17) is 44.6 Å². The lowest BCUT2D eigenvalue weighted by Crippen LogP contribution is -2.51. The number of amides is 6. The van der Waals surface area contributed by atoms with E-state index in [1.807, 2.05) is 183 Å². The van der Waals surface area contributed by atoms with Gasteiger partial charge in [-0.3, -0.25) is 19.2 Å². The molecule has 0 fully saturated rings. The number of alkyl carbamates (subject to hydrolysis) is 3. The molecular weight excluding hydrogens is 2050 g/mol. The number of ketones is 1. The number of aryl methyl sites for hydroxylation is 2. The molecule has 3 unspecified atom stereocenters. The fraction of sp³-hybridized carbons (Fsp3) is 0.330. The summed E-state index contributed by atoms with van der Waals surface area (Å²) < 4.78 is 42.1. The summed E-state index contributed by atoms with van der Waals surface area (Å²) in [6.45, 7) is 29.6. The van der Waals surface area contributed by atoms with Crippen LogP contribution in [0.3, 0.4) is 0 Å². The quantitative estimate of drug-likeness (QED) is 0.0153. The number of imidazole rings is 4. The van der Waals surface area contributed by atoms with Gasteiger partial charge in [-0.05, 0) is 205 Å². The number of H-pyrrole nitrogens is 4. The Morgan fingerprint density at radius 3 is 1.22 bits per heavy atom. The van der Waals surface area contributed by atoms with Crippen molar-refractivity contribution >= 4 is 121 Å². The highest BCUT2D eigenvalue weighted by molar-refractivity contribution is 9.11. The average Bonchev–Trinajstić information content (AvgIpc) is 1.78. The molecule has 6 amide bonds. The SMILES string of the molecule is CC(N)c1ncc(-c2ccccc2Br)[nH]1.CC(NC(=O)OC(C)(C)C)C(=O)NCC(=O)c1ccccc1Br.COc1ccc(CN(C(=O)[C@H](Cc2c(C)cc(C(N)=O)cc2C)NC(=O)OC(C)(C)C)[C@@H](C)c2ncc(-c3ccccc3Br)[nH]2)cc1OC.COc1ccc(CNC(C)c2ncc(-c3ccccc3Br)[nH]2)cc1OC.C[C@H](NC(=O)OC(C)(C)C)c1ncc(-c2ccccc2Br)[nH]1. The number of rotatable bonds is 29. The number of carbonyl (C=O) groups is 7. The predicted octanol–water partition coefficient (Wildman–Crippen LogP) is 21.5. The van der Waals surface area contributed by atoms with E-state index < -0.39 is 65.0 Å². The van der Waals surface area contributed by atoms with Crippen molar-refractivity contribution < 1.29 is 66.7 Å². The first-order valence-electron chi connectivity index (χ1n) is 43.1. The number of nitrogens with one attached hydrogen (secondary N) is 9. The molecule has 0 radical (unpaired) electrons. The molecule has 0 aliphatic carbocycles. The van der Waals surface area contributed by atoms with Gasteiger partial charge in [-0.25, -0.2) is 34.3 Å². The van der Waals surface area contributed by atoms with Crippen molar-refractivity contribution in [2.75, 3.05) is 35.0 Å². The van der Waals surface area contributed by atoms with Crippen LogP contribution in [0.1, 0.15) is 193 Å². The Morgan fingerprint density at radius 1 is 0.444 bits per heavy atom. The number of nitrogens with two attached hydrogens (primary N) is 2. The number of carbonyl (C=O) groups excluding carboxylic acids is 7. The number of aromatic nitrogens is 8. The van der Waals surface area contributed by atoms with Gasteiger partial charge >= 0.3 is 18.3 Å². The van der Waals surface area contributed by atoms with Crippen molar-refractivity contribution in [3.8, 4) is 68.0 Å². The maximum absolute atomic E-state index is 14.9. The van der Waals surface area contributed by atoms with Crippen LogP contribution in [-0.2, 0) is 43.3 Å². The largest absolute Gasteiger partial charge is 0.493 e. The number of methoxy groups -OCH3 is 4. The molecule has 0 bridgehead atoms. The minimum Gasteiger partial charge on any atom is -0.493 e. The Kier molecular flexibility index (Phi) is 40.6. The maximum Gasteiger partial charge on any atom is 0.408 e. The fourth-order valence-electron chi connectivity index (χ4n) is 13.3. The zero-order valence-corrected chi connectivity index (χ0v) is 87.2. The Hall–Kier alpha value is -12.0. The third-order valence-electron chi connectivity index (χ3n) is 20.1. The minimum atomic E-state index is -1.05. The first kappa shape index (κ1) is 108. The van der Waals surface area contributed by atoms with Crippen molar-refractivity contribution in [3.63, 3.8) is 0 Å². The lowest BCUT2D eigenvalue weighted by atomic mass is 9.93. The van der Waals surface area contributed by atoms with Gasteiger partial charge in [0.05, 0.1) is 107 Å². The molecule has 135 heavy (non-hydrogen) atoms. The van der Waals surface area contributed by atoms with E-state index in [-0.39, 0.29) is 49.3 Å². The van der Waals surface area contributed by atoms with E-state index in [9.17, 15) is 33.6 Å². The monoisotopic (exact) mass is 2160 g/mol. The highest BCUT2D eigenvalue weighted by atomic mass is 79.9. The summed E-state index contributed by atoms with van der Waals surface area (Å²) in [5, 5.41) is 14.0. The summed E-state index contributed by atoms with van der Waals surface area (Å²) >= 11 is 17.5. The smallest absolute Gasteiger partial charge is 0.408 e. The number of benzene rings is 8. The summed E-state index contributed by atoms with van der Waals surface area (Å²) in [5.41, 5.74) is 22.2. The lowest BCUT2D eigenvalue weighted by Gasteiger charge is -2.33. The number of ether oxygens (including phenoxy) is 7. The number of hydrogen-bond donors (Lipinski definition) is 11. The summed E-state index contributed by atoms with van der Waals surface area (Å²) in [7, 11) is 6.39. The van der Waals surface area contributed by atoms with Crippen LogP contribution in [-0.4, -0.2) is 150 Å². The van der Waals surface area contributed by atoms with Gasteiger partial charge in [-0.1, -0.05) is 183 Å². The second kappa shape index (κ2) is 50.5. The van der Waals surface area contributed by atoms with Gasteiger partial charge in [0, 0.05) is 75.3 Å². The number of Topliss-reactive ketones (excluding diaryl/α,β-unsaturated/α-hetero) is 1. The summed E-state index contributed by atoms with van der Waals surface area (Å²) in [6, 6.07) is 50.8. The predicted molar refractivity (Wildman–Crippen MR) is 542 cm³/mol. The molecule has 718 valence electrons. The molecule has 6 atom stereocenters. The third-order valence-corrected chi connectivity index (χ3v) is 23.6. The molecule has 8 aromatic carbocycles. The molecule has 35 heteroatoms. The first-order chi connectivity index (χ1) is 63.8. The molecule has 0 aliphatic rings. The van der Waals surface area contributed by atoms with Gasteiger partial charge in [0.25, 0.3) is 0 Å². The zero-order chi connectivity index (χ0) is 99.3. The van der Waals surface area contributed by atoms with Gasteiger partial charge < -0.3 is 96.0 Å². The molecule has 0 aliphatic heterocycles. The van der Waals surface area contributed by atoms with Gasteiger partial charge in [0.15, 0.2) is 28.8 Å². The Morgan fingerprint density at radius 2 is 0.815 bits per heavy atom. The number of primary amides is 1. The number of nitrogens with zero attached hydrogens (tertiary/aromatic N) is 5. The van der Waals surface area contributed by atoms with Crippen LogP contribution in [0.4, 0.5) is 14.4 Å². The van der Waals surface area contributed by atoms with Gasteiger partial charge in [0.1, 0.15) is 52.2 Å². The van der Waals surface area contributed by atoms with Crippen LogP contribution >= 0.6 is 79.6 Å². The van der Waals surface area contributed by atoms with E-state index in [0.717, 1.165) is 114 Å². The Labute approximate surface area is 830 Å². The van der Waals surface area contributed by atoms with Crippen LogP contribution < -0.4 is 57.0 Å². The van der Waals surface area contributed by atoms with E-state index in [0.29, 0.717) is 45.3 Å². The normalized spacial score (nSPS) is 12.4. The molecule has 12 rings (SSSR count). The van der Waals surface area contributed by atoms with Crippen LogP contribution in [0, 0.1) is 13.8 Å². The summed E-state index contributed by atoms with van der Waals surface area (Å²) in [4.78, 5) is 120. The molecule has 0 spiro atoms. The zero-order valence-electron chi connectivity index (χ0n) is 79.3. The Bertz CT molecular complexity index is 5990. The number of aromatic amines is 4. The van der Waals surface area contributed by atoms with Crippen molar-refractivity contribution in [1.29, 1.82) is 0 Å². The molecule has 4 heterocycles. The van der Waals surface area contributed by atoms with E-state index in [1.165, 1.54) is 6.92 Å². The highest BCUT2D eigenvalue weighted by Gasteiger charge is 2.35. The van der Waals surface area contributed by atoms with Gasteiger partial charge in [0.2, 0.25) is 17.7 Å². The second-order valence-corrected chi connectivity index (χ2v) is 38.5. The fourth-order valence-corrected chi connectivity index (χ4v) is 15.8. The first-order valence-corrected chi connectivity index (χ1v) is 47.1. The molecule has 12 aromatic rings. The van der Waals surface area contributed by atoms with Crippen molar-refractivity contribution in [1.82, 2.24) is 71.4 Å². The molecule has 0 saturated carbocycles. The lowest BCUT2D eigenvalue weighted by molar-refractivity contribution is -0.136. The average molecular weight is 2170 g/mol. The van der Waals surface area contributed by atoms with Gasteiger partial charge in [-0.2, -0.15) is 0 Å². The second-order valence-electron chi connectivity index (χ2n) is 34.3. The minimum absolute atomic E-state index is 0.0683. The molecule has 0 saturated heterocycles. The highest BCUT2D eigenvalue weighted by Crippen LogP contribution is 2.36. The number of hydrogen-bond acceptors (Lipinski definition) is 20. The van der Waals surface area contributed by atoms with E-state index in [2.05, 4.69) is 159 Å². The van der Waals surface area contributed by atoms with Crippen molar-refractivity contribution in [2.45, 2.75) is 183 Å². The summed E-state index contributed by atoms with van der Waals surface area (Å²) in [5.74, 6) is 3.85. The van der Waals surface area contributed by atoms with Crippen LogP contribution in [0.2, 0.25) is 0 Å². The van der Waals surface area contributed by atoms with Gasteiger partial charge in [-0.15, -0.1) is 0 Å².